The van der Waals surface area contributed by atoms with Gasteiger partial charge in [-0.25, -0.2) is 9.59 Å². The second-order valence-corrected chi connectivity index (χ2v) is 5.61. The minimum Gasteiger partial charge on any atom is -0.497 e. The minimum atomic E-state index is -1.24. The Morgan fingerprint density at radius 3 is 2.15 bits per heavy atom. The van der Waals surface area contributed by atoms with Gasteiger partial charge in [0.25, 0.3) is 0 Å². The first-order chi connectivity index (χ1) is 12.5. The lowest BCUT2D eigenvalue weighted by Crippen LogP contribution is -2.07. The van der Waals surface area contributed by atoms with Crippen molar-refractivity contribution >= 4 is 29.0 Å². The number of carboxylic acids is 2. The summed E-state index contributed by atoms with van der Waals surface area (Å²) >= 11 is 0. The molecule has 2 N–H and O–H groups in total. The van der Waals surface area contributed by atoms with Gasteiger partial charge in [0.15, 0.2) is 6.29 Å². The summed E-state index contributed by atoms with van der Waals surface area (Å²) in [6, 6.07) is 12.3. The van der Waals surface area contributed by atoms with Crippen molar-refractivity contribution in [3.05, 3.63) is 65.2 Å². The maximum absolute atomic E-state index is 11.6. The van der Waals surface area contributed by atoms with Crippen molar-refractivity contribution in [1.82, 2.24) is 0 Å². The zero-order chi connectivity index (χ0) is 18.8. The Balaban J connectivity index is 2.38. The molecule has 6 nitrogen and oxygen atoms in total. The van der Waals surface area contributed by atoms with Gasteiger partial charge in [0.05, 0.1) is 18.2 Å². The highest BCUT2D eigenvalue weighted by molar-refractivity contribution is 6.08. The molecule has 0 radical (unpaired) electrons. The van der Waals surface area contributed by atoms with E-state index < -0.39 is 11.9 Å². The van der Waals surface area contributed by atoms with Gasteiger partial charge in [-0.15, -0.1) is 0 Å². The molecule has 130 valence electrons. The molecule has 0 aromatic heterocycles. The summed E-state index contributed by atoms with van der Waals surface area (Å²) in [5.74, 6) is -1.92. The maximum atomic E-state index is 11.6. The van der Waals surface area contributed by atoms with Crippen molar-refractivity contribution in [2.75, 3.05) is 7.11 Å². The van der Waals surface area contributed by atoms with E-state index in [0.29, 0.717) is 33.9 Å². The lowest BCUT2D eigenvalue weighted by atomic mass is 9.91. The number of hydrogen-bond donors (Lipinski definition) is 2. The number of carboxylic acid groups (broad SMARTS) is 2. The maximum Gasteiger partial charge on any atom is 0.336 e. The van der Waals surface area contributed by atoms with Gasteiger partial charge in [0, 0.05) is 11.1 Å². The molecule has 6 heteroatoms. The molecule has 0 aliphatic carbocycles. The number of carbonyl (C=O) groups is 3. The molecule has 0 unspecified atom stereocenters. The first-order valence-electron chi connectivity index (χ1n) is 7.63. The van der Waals surface area contributed by atoms with Crippen LogP contribution in [0.5, 0.6) is 5.75 Å². The summed E-state index contributed by atoms with van der Waals surface area (Å²) in [6.45, 7) is 0. The van der Waals surface area contributed by atoms with Crippen LogP contribution in [-0.4, -0.2) is 35.5 Å². The van der Waals surface area contributed by atoms with E-state index in [2.05, 4.69) is 0 Å². The van der Waals surface area contributed by atoms with Crippen LogP contribution in [0.15, 0.2) is 48.5 Å². The van der Waals surface area contributed by atoms with Crippen molar-refractivity contribution in [2.24, 2.45) is 0 Å². The molecule has 3 aromatic carbocycles. The summed E-state index contributed by atoms with van der Waals surface area (Å²) < 4.78 is 5.17. The van der Waals surface area contributed by atoms with Crippen LogP contribution in [-0.2, 0) is 0 Å². The number of fused-ring (bicyclic) bond motifs is 1. The molecule has 0 saturated heterocycles. The molecular weight excluding hydrogens is 336 g/mol. The highest BCUT2D eigenvalue weighted by atomic mass is 16.5. The third-order valence-electron chi connectivity index (χ3n) is 4.13. The Kier molecular flexibility index (Phi) is 4.41. The monoisotopic (exact) mass is 350 g/mol. The number of hydrogen-bond acceptors (Lipinski definition) is 4. The van der Waals surface area contributed by atoms with Gasteiger partial charge in [-0.05, 0) is 52.7 Å². The van der Waals surface area contributed by atoms with Gasteiger partial charge >= 0.3 is 11.9 Å². The number of aldehydes is 1. The van der Waals surface area contributed by atoms with Crippen LogP contribution in [0.25, 0.3) is 21.9 Å². The van der Waals surface area contributed by atoms with Crippen LogP contribution in [0.3, 0.4) is 0 Å². The third kappa shape index (κ3) is 2.88. The number of methoxy groups -OCH3 is 1. The normalized spacial score (nSPS) is 10.5. The predicted octanol–water partition coefficient (Wildman–Crippen LogP) is 3.72. The summed E-state index contributed by atoms with van der Waals surface area (Å²) in [7, 11) is 1.51. The molecule has 0 bridgehead atoms. The zero-order valence-corrected chi connectivity index (χ0v) is 13.7. The van der Waals surface area contributed by atoms with Crippen LogP contribution in [0.4, 0.5) is 0 Å². The molecule has 0 saturated carbocycles. The van der Waals surface area contributed by atoms with Gasteiger partial charge in [-0.2, -0.15) is 0 Å². The van der Waals surface area contributed by atoms with Gasteiger partial charge in [0.1, 0.15) is 5.75 Å². The quantitative estimate of drug-likeness (QED) is 0.680. The Hall–Kier alpha value is -3.67. The number of carbonyl (C=O) groups excluding carboxylic acids is 1. The van der Waals surface area contributed by atoms with Crippen molar-refractivity contribution in [1.29, 1.82) is 0 Å². The highest BCUT2D eigenvalue weighted by Crippen LogP contribution is 2.33. The molecule has 3 rings (SSSR count). The molecule has 26 heavy (non-hydrogen) atoms. The topological polar surface area (TPSA) is 101 Å². The van der Waals surface area contributed by atoms with E-state index in [9.17, 15) is 24.6 Å². The minimum absolute atomic E-state index is 0.0633. The second kappa shape index (κ2) is 6.68. The van der Waals surface area contributed by atoms with E-state index in [0.717, 1.165) is 0 Å². The first kappa shape index (κ1) is 17.2. The van der Waals surface area contributed by atoms with Crippen molar-refractivity contribution < 1.29 is 29.3 Å². The van der Waals surface area contributed by atoms with E-state index >= 15 is 0 Å². The first-order valence-corrected chi connectivity index (χ1v) is 7.63. The second-order valence-electron chi connectivity index (χ2n) is 5.61. The third-order valence-corrected chi connectivity index (χ3v) is 4.13. The highest BCUT2D eigenvalue weighted by Gasteiger charge is 2.20. The average molecular weight is 350 g/mol. The van der Waals surface area contributed by atoms with E-state index in [4.69, 9.17) is 4.74 Å². The molecule has 0 aliphatic heterocycles. The average Bonchev–Trinajstić information content (AvgIpc) is 2.65. The molecular formula is C20H14O6. The van der Waals surface area contributed by atoms with Crippen LogP contribution < -0.4 is 4.74 Å². The van der Waals surface area contributed by atoms with E-state index in [-0.39, 0.29) is 16.7 Å². The van der Waals surface area contributed by atoms with E-state index in [1.165, 1.54) is 31.4 Å². The summed E-state index contributed by atoms with van der Waals surface area (Å²) in [5, 5.41) is 20.2. The van der Waals surface area contributed by atoms with Crippen LogP contribution in [0.2, 0.25) is 0 Å². The summed E-state index contributed by atoms with van der Waals surface area (Å²) in [5.41, 5.74) is 0.436. The van der Waals surface area contributed by atoms with Crippen LogP contribution in [0.1, 0.15) is 31.1 Å². The van der Waals surface area contributed by atoms with Crippen molar-refractivity contribution in [3.63, 3.8) is 0 Å². The van der Waals surface area contributed by atoms with E-state index in [1.54, 1.807) is 24.3 Å². The van der Waals surface area contributed by atoms with Crippen LogP contribution in [0, 0.1) is 0 Å². The Morgan fingerprint density at radius 1 is 0.962 bits per heavy atom. The van der Waals surface area contributed by atoms with Crippen LogP contribution >= 0.6 is 0 Å². The molecule has 0 spiro atoms. The van der Waals surface area contributed by atoms with Crippen molar-refractivity contribution in [2.45, 2.75) is 0 Å². The fraction of sp³-hybridized carbons (Fsp3) is 0.0500. The largest absolute Gasteiger partial charge is 0.497 e. The van der Waals surface area contributed by atoms with Gasteiger partial charge in [0.2, 0.25) is 0 Å². The molecule has 0 heterocycles. The van der Waals surface area contributed by atoms with Crippen molar-refractivity contribution in [3.8, 4) is 16.9 Å². The fourth-order valence-electron chi connectivity index (χ4n) is 2.95. The van der Waals surface area contributed by atoms with Gasteiger partial charge in [-0.1, -0.05) is 12.1 Å². The Morgan fingerprint density at radius 2 is 1.62 bits per heavy atom. The fourth-order valence-corrected chi connectivity index (χ4v) is 2.95. The lowest BCUT2D eigenvalue weighted by Gasteiger charge is -2.13. The van der Waals surface area contributed by atoms with E-state index in [1.807, 2.05) is 0 Å². The molecule has 0 fully saturated rings. The molecule has 0 amide bonds. The number of rotatable bonds is 5. The standard InChI is InChI=1S/C20H14O6/c1-26-14-6-5-11-7-12(8-13(10-21)17(11)9-14)18-15(19(22)23)3-2-4-16(18)20(24)25/h2-10H,1H3,(H,22,23)(H,24,25). The Bertz CT molecular complexity index is 1020. The van der Waals surface area contributed by atoms with Gasteiger partial charge < -0.3 is 14.9 Å². The zero-order valence-electron chi connectivity index (χ0n) is 13.7. The number of benzene rings is 3. The predicted molar refractivity (Wildman–Crippen MR) is 95.2 cm³/mol. The SMILES string of the molecule is COc1ccc2cc(-c3c(C(=O)O)cccc3C(=O)O)cc(C=O)c2c1. The summed E-state index contributed by atoms with van der Waals surface area (Å²) in [4.78, 5) is 34.8. The number of aromatic carboxylic acids is 2. The molecule has 0 atom stereocenters. The smallest absolute Gasteiger partial charge is 0.336 e. The number of ether oxygens (including phenoxy) is 1. The molecule has 0 aliphatic rings. The molecule has 3 aromatic rings. The summed E-state index contributed by atoms with van der Waals surface area (Å²) in [6.07, 6.45) is 0.648. The Labute approximate surface area is 148 Å². The lowest BCUT2D eigenvalue weighted by molar-refractivity contribution is 0.0696. The van der Waals surface area contributed by atoms with Gasteiger partial charge in [-0.3, -0.25) is 4.79 Å².